The van der Waals surface area contributed by atoms with Gasteiger partial charge in [-0.1, -0.05) is 0 Å². The first kappa shape index (κ1) is 17.9. The molecule has 5 heteroatoms. The van der Waals surface area contributed by atoms with Crippen LogP contribution in [0.4, 0.5) is 0 Å². The number of nitrogens with zero attached hydrogens (tertiary/aromatic N) is 2. The second kappa shape index (κ2) is 8.99. The third-order valence-electron chi connectivity index (χ3n) is 4.37. The molecule has 1 saturated carbocycles. The van der Waals surface area contributed by atoms with Gasteiger partial charge in [-0.25, -0.2) is 4.79 Å². The number of ether oxygens (including phenoxy) is 1. The minimum Gasteiger partial charge on any atom is -0.462 e. The Hall–Kier alpha value is -1.46. The average molecular weight is 319 g/mol. The van der Waals surface area contributed by atoms with Crippen LogP contribution in [0.15, 0.2) is 18.3 Å². The van der Waals surface area contributed by atoms with Crippen molar-refractivity contribution < 1.29 is 9.53 Å². The fourth-order valence-electron chi connectivity index (χ4n) is 3.23. The highest BCUT2D eigenvalue weighted by atomic mass is 16.5. The number of pyridine rings is 1. The number of rotatable bonds is 7. The minimum absolute atomic E-state index is 0.277. The highest BCUT2D eigenvalue weighted by Crippen LogP contribution is 2.24. The van der Waals surface area contributed by atoms with Crippen LogP contribution in [-0.2, 0) is 11.3 Å². The number of aromatic nitrogens is 1. The molecule has 2 rings (SSSR count). The molecule has 0 radical (unpaired) electrons. The van der Waals surface area contributed by atoms with E-state index in [9.17, 15) is 4.79 Å². The molecule has 1 aliphatic rings. The molecule has 23 heavy (non-hydrogen) atoms. The number of nitrogens with one attached hydrogen (secondary N) is 1. The first-order valence-corrected chi connectivity index (χ1v) is 8.58. The van der Waals surface area contributed by atoms with E-state index in [1.165, 1.54) is 32.2 Å². The standard InChI is InChI=1S/C18H29N3O2/c1-4-23-18(22)15-9-10-19-17(11-15)12-20-16-7-5-14(6-8-16)13-21(2)3/h9-11,14,16,20H,4-8,12-13H2,1-3H3. The molecule has 0 atom stereocenters. The molecule has 5 nitrogen and oxygen atoms in total. The molecule has 0 unspecified atom stereocenters. The van der Waals surface area contributed by atoms with E-state index >= 15 is 0 Å². The van der Waals surface area contributed by atoms with Gasteiger partial charge in [-0.3, -0.25) is 4.98 Å². The molecule has 1 N–H and O–H groups in total. The van der Waals surface area contributed by atoms with Crippen LogP contribution >= 0.6 is 0 Å². The van der Waals surface area contributed by atoms with E-state index in [-0.39, 0.29) is 5.97 Å². The average Bonchev–Trinajstić information content (AvgIpc) is 2.54. The van der Waals surface area contributed by atoms with Gasteiger partial charge in [0.25, 0.3) is 0 Å². The molecule has 1 fully saturated rings. The van der Waals surface area contributed by atoms with Gasteiger partial charge in [-0.2, -0.15) is 0 Å². The van der Waals surface area contributed by atoms with Crippen molar-refractivity contribution in [2.45, 2.75) is 45.2 Å². The molecule has 0 aromatic carbocycles. The highest BCUT2D eigenvalue weighted by molar-refractivity contribution is 5.89. The Balaban J connectivity index is 1.78. The van der Waals surface area contributed by atoms with Crippen LogP contribution in [-0.4, -0.2) is 49.1 Å². The first-order valence-electron chi connectivity index (χ1n) is 8.58. The van der Waals surface area contributed by atoms with Crippen LogP contribution in [0.3, 0.4) is 0 Å². The van der Waals surface area contributed by atoms with Gasteiger partial charge in [0.2, 0.25) is 0 Å². The molecule has 1 heterocycles. The zero-order chi connectivity index (χ0) is 16.7. The van der Waals surface area contributed by atoms with Crippen molar-refractivity contribution in [3.05, 3.63) is 29.6 Å². The fraction of sp³-hybridized carbons (Fsp3) is 0.667. The second-order valence-electron chi connectivity index (χ2n) is 6.62. The molecular formula is C18H29N3O2. The van der Waals surface area contributed by atoms with E-state index in [1.807, 2.05) is 13.0 Å². The first-order chi connectivity index (χ1) is 11.1. The predicted octanol–water partition coefficient (Wildman–Crippen LogP) is 2.47. The van der Waals surface area contributed by atoms with Crippen LogP contribution < -0.4 is 5.32 Å². The topological polar surface area (TPSA) is 54.5 Å². The summed E-state index contributed by atoms with van der Waals surface area (Å²) in [7, 11) is 4.29. The Bertz CT molecular complexity index is 497. The van der Waals surface area contributed by atoms with Crippen LogP contribution in [0, 0.1) is 5.92 Å². The lowest BCUT2D eigenvalue weighted by Gasteiger charge is -2.30. The lowest BCUT2D eigenvalue weighted by Crippen LogP contribution is -2.35. The maximum absolute atomic E-state index is 11.8. The number of hydrogen-bond acceptors (Lipinski definition) is 5. The van der Waals surface area contributed by atoms with Crippen molar-refractivity contribution in [1.29, 1.82) is 0 Å². The highest BCUT2D eigenvalue weighted by Gasteiger charge is 2.21. The molecule has 1 aliphatic carbocycles. The van der Waals surface area contributed by atoms with Gasteiger partial charge in [0.15, 0.2) is 0 Å². The maximum atomic E-state index is 11.8. The normalized spacial score (nSPS) is 21.4. The molecule has 0 bridgehead atoms. The monoisotopic (exact) mass is 319 g/mol. The van der Waals surface area contributed by atoms with Gasteiger partial charge in [0.1, 0.15) is 0 Å². The van der Waals surface area contributed by atoms with Gasteiger partial charge in [-0.05, 0) is 64.8 Å². The third-order valence-corrected chi connectivity index (χ3v) is 4.37. The van der Waals surface area contributed by atoms with Crippen molar-refractivity contribution in [1.82, 2.24) is 15.2 Å². The van der Waals surface area contributed by atoms with Crippen LogP contribution in [0.1, 0.15) is 48.7 Å². The van der Waals surface area contributed by atoms with Gasteiger partial charge < -0.3 is 15.0 Å². The fourth-order valence-corrected chi connectivity index (χ4v) is 3.23. The smallest absolute Gasteiger partial charge is 0.338 e. The predicted molar refractivity (Wildman–Crippen MR) is 91.3 cm³/mol. The maximum Gasteiger partial charge on any atom is 0.338 e. The Morgan fingerprint density at radius 3 is 2.74 bits per heavy atom. The Morgan fingerprint density at radius 2 is 2.09 bits per heavy atom. The SMILES string of the molecule is CCOC(=O)c1ccnc(CNC2CCC(CN(C)C)CC2)c1. The summed E-state index contributed by atoms with van der Waals surface area (Å²) < 4.78 is 5.03. The quantitative estimate of drug-likeness (QED) is 0.783. The molecule has 0 spiro atoms. The van der Waals surface area contributed by atoms with Crippen molar-refractivity contribution in [3.63, 3.8) is 0 Å². The molecule has 0 saturated heterocycles. The summed E-state index contributed by atoms with van der Waals surface area (Å²) >= 11 is 0. The molecule has 0 aliphatic heterocycles. The minimum atomic E-state index is -0.277. The number of carbonyl (C=O) groups excluding carboxylic acids is 1. The molecule has 0 amide bonds. The van der Waals surface area contributed by atoms with Crippen LogP contribution in [0.2, 0.25) is 0 Å². The van der Waals surface area contributed by atoms with E-state index in [1.54, 1.807) is 12.3 Å². The summed E-state index contributed by atoms with van der Waals surface area (Å²) in [4.78, 5) is 18.4. The number of carbonyl (C=O) groups is 1. The van der Waals surface area contributed by atoms with Gasteiger partial charge in [-0.15, -0.1) is 0 Å². The zero-order valence-electron chi connectivity index (χ0n) is 14.5. The van der Waals surface area contributed by atoms with Crippen molar-refractivity contribution in [2.75, 3.05) is 27.2 Å². The summed E-state index contributed by atoms with van der Waals surface area (Å²) in [5.41, 5.74) is 1.47. The second-order valence-corrected chi connectivity index (χ2v) is 6.62. The van der Waals surface area contributed by atoms with E-state index in [0.717, 1.165) is 11.6 Å². The van der Waals surface area contributed by atoms with E-state index in [4.69, 9.17) is 4.74 Å². The number of hydrogen-bond donors (Lipinski definition) is 1. The van der Waals surface area contributed by atoms with Crippen LogP contribution in [0.5, 0.6) is 0 Å². The van der Waals surface area contributed by atoms with E-state index in [2.05, 4.69) is 29.3 Å². The van der Waals surface area contributed by atoms with Crippen LogP contribution in [0.25, 0.3) is 0 Å². The number of esters is 1. The summed E-state index contributed by atoms with van der Waals surface area (Å²) in [6, 6.07) is 4.08. The van der Waals surface area contributed by atoms with E-state index in [0.29, 0.717) is 24.8 Å². The summed E-state index contributed by atoms with van der Waals surface area (Å²) in [5, 5.41) is 3.58. The van der Waals surface area contributed by atoms with Gasteiger partial charge >= 0.3 is 5.97 Å². The van der Waals surface area contributed by atoms with E-state index < -0.39 is 0 Å². The Labute approximate surface area is 139 Å². The van der Waals surface area contributed by atoms with Crippen molar-refractivity contribution in [3.8, 4) is 0 Å². The molecule has 128 valence electrons. The molecule has 1 aromatic rings. The summed E-state index contributed by atoms with van der Waals surface area (Å²) in [5.74, 6) is 0.550. The molecular weight excluding hydrogens is 290 g/mol. The zero-order valence-corrected chi connectivity index (χ0v) is 14.5. The third kappa shape index (κ3) is 5.92. The van der Waals surface area contributed by atoms with Crippen molar-refractivity contribution in [2.24, 2.45) is 5.92 Å². The molecule has 1 aromatic heterocycles. The lowest BCUT2D eigenvalue weighted by molar-refractivity contribution is 0.0526. The van der Waals surface area contributed by atoms with Gasteiger partial charge in [0.05, 0.1) is 17.9 Å². The summed E-state index contributed by atoms with van der Waals surface area (Å²) in [6.45, 7) is 4.10. The van der Waals surface area contributed by atoms with Gasteiger partial charge in [0, 0.05) is 25.3 Å². The lowest BCUT2D eigenvalue weighted by atomic mass is 9.86. The largest absolute Gasteiger partial charge is 0.462 e. The Morgan fingerprint density at radius 1 is 1.35 bits per heavy atom. The summed E-state index contributed by atoms with van der Waals surface area (Å²) in [6.07, 6.45) is 6.68. The van der Waals surface area contributed by atoms with Crippen molar-refractivity contribution >= 4 is 5.97 Å². The Kier molecular flexibility index (Phi) is 6.99.